The van der Waals surface area contributed by atoms with Crippen LogP contribution in [-0.4, -0.2) is 12.1 Å². The van der Waals surface area contributed by atoms with Gasteiger partial charge in [-0.2, -0.15) is 5.26 Å². The van der Waals surface area contributed by atoms with E-state index in [0.29, 0.717) is 12.0 Å². The molecule has 0 spiro atoms. The highest BCUT2D eigenvalue weighted by Gasteiger charge is 2.11. The Hall–Kier alpha value is -2.34. The van der Waals surface area contributed by atoms with Gasteiger partial charge in [0.05, 0.1) is 11.6 Å². The summed E-state index contributed by atoms with van der Waals surface area (Å²) in [5, 5.41) is 8.73. The zero-order chi connectivity index (χ0) is 13.0. The zero-order valence-electron chi connectivity index (χ0n) is 10.1. The van der Waals surface area contributed by atoms with Crippen molar-refractivity contribution in [3.63, 3.8) is 0 Å². The average Bonchev–Trinajstić information content (AvgIpc) is 2.39. The standard InChI is InChI=1S/C15H13NO2/c1-11(17)18-15-8-6-14(7-9-15)13-4-2-12(10-16)3-5-13/h2-8,15H,9H2,1H3. The molecule has 3 nitrogen and oxygen atoms in total. The zero-order valence-corrected chi connectivity index (χ0v) is 10.1. The molecule has 1 aliphatic carbocycles. The van der Waals surface area contributed by atoms with E-state index in [1.54, 1.807) is 12.1 Å². The van der Waals surface area contributed by atoms with Crippen LogP contribution in [-0.2, 0) is 9.53 Å². The first-order chi connectivity index (χ1) is 8.69. The maximum Gasteiger partial charge on any atom is 0.303 e. The number of nitriles is 1. The summed E-state index contributed by atoms with van der Waals surface area (Å²) in [5.74, 6) is -0.264. The number of benzene rings is 1. The number of rotatable bonds is 2. The highest BCUT2D eigenvalue weighted by atomic mass is 16.5. The summed E-state index contributed by atoms with van der Waals surface area (Å²) in [7, 11) is 0. The van der Waals surface area contributed by atoms with Crippen molar-refractivity contribution < 1.29 is 9.53 Å². The number of ether oxygens (including phenoxy) is 1. The molecular formula is C15H13NO2. The molecule has 90 valence electrons. The van der Waals surface area contributed by atoms with Crippen molar-refractivity contribution in [1.29, 1.82) is 5.26 Å². The number of carbonyl (C=O) groups excluding carboxylic acids is 1. The maximum atomic E-state index is 10.8. The van der Waals surface area contributed by atoms with E-state index >= 15 is 0 Å². The summed E-state index contributed by atoms with van der Waals surface area (Å²) in [6, 6.07) is 9.51. The van der Waals surface area contributed by atoms with Gasteiger partial charge < -0.3 is 4.74 Å². The van der Waals surface area contributed by atoms with Gasteiger partial charge in [0.15, 0.2) is 0 Å². The number of hydrogen-bond acceptors (Lipinski definition) is 3. The molecule has 2 rings (SSSR count). The van der Waals surface area contributed by atoms with Crippen molar-refractivity contribution in [2.75, 3.05) is 0 Å². The lowest BCUT2D eigenvalue weighted by Crippen LogP contribution is -2.14. The van der Waals surface area contributed by atoms with Crippen LogP contribution in [0.25, 0.3) is 5.57 Å². The summed E-state index contributed by atoms with van der Waals surface area (Å²) in [5.41, 5.74) is 2.80. The lowest BCUT2D eigenvalue weighted by atomic mass is 9.97. The fourth-order valence-corrected chi connectivity index (χ4v) is 1.85. The van der Waals surface area contributed by atoms with Crippen molar-refractivity contribution in [2.45, 2.75) is 19.4 Å². The average molecular weight is 239 g/mol. The first-order valence-corrected chi connectivity index (χ1v) is 5.75. The molecule has 1 aromatic rings. The van der Waals surface area contributed by atoms with Gasteiger partial charge in [-0.3, -0.25) is 4.79 Å². The van der Waals surface area contributed by atoms with Crippen LogP contribution in [0, 0.1) is 11.3 Å². The first kappa shape index (κ1) is 12.1. The van der Waals surface area contributed by atoms with E-state index in [0.717, 1.165) is 11.1 Å². The summed E-state index contributed by atoms with van der Waals surface area (Å²) >= 11 is 0. The summed E-state index contributed by atoms with van der Waals surface area (Å²) < 4.78 is 5.10. The number of esters is 1. The Labute approximate surface area is 106 Å². The second-order valence-corrected chi connectivity index (χ2v) is 4.09. The minimum atomic E-state index is -0.264. The van der Waals surface area contributed by atoms with E-state index in [-0.39, 0.29) is 12.1 Å². The number of carbonyl (C=O) groups is 1. The molecule has 1 atom stereocenters. The summed E-state index contributed by atoms with van der Waals surface area (Å²) in [4.78, 5) is 10.8. The molecular weight excluding hydrogens is 226 g/mol. The second kappa shape index (κ2) is 5.33. The molecule has 0 amide bonds. The topological polar surface area (TPSA) is 50.1 Å². The fourth-order valence-electron chi connectivity index (χ4n) is 1.85. The smallest absolute Gasteiger partial charge is 0.303 e. The van der Waals surface area contributed by atoms with E-state index in [2.05, 4.69) is 6.07 Å². The lowest BCUT2D eigenvalue weighted by Gasteiger charge is -2.16. The second-order valence-electron chi connectivity index (χ2n) is 4.09. The predicted octanol–water partition coefficient (Wildman–Crippen LogP) is 2.83. The molecule has 0 N–H and O–H groups in total. The van der Waals surface area contributed by atoms with Crippen molar-refractivity contribution in [3.8, 4) is 6.07 Å². The summed E-state index contributed by atoms with van der Waals surface area (Å²) in [6.07, 6.45) is 6.39. The Bertz CT molecular complexity index is 547. The van der Waals surface area contributed by atoms with Crippen LogP contribution in [0.2, 0.25) is 0 Å². The van der Waals surface area contributed by atoms with Crippen molar-refractivity contribution in [2.24, 2.45) is 0 Å². The van der Waals surface area contributed by atoms with Crippen LogP contribution >= 0.6 is 0 Å². The monoisotopic (exact) mass is 239 g/mol. The normalized spacial score (nSPS) is 17.8. The molecule has 0 radical (unpaired) electrons. The van der Waals surface area contributed by atoms with E-state index in [4.69, 9.17) is 10.00 Å². The third kappa shape index (κ3) is 2.86. The maximum absolute atomic E-state index is 10.8. The van der Waals surface area contributed by atoms with Gasteiger partial charge in [0.1, 0.15) is 6.10 Å². The van der Waals surface area contributed by atoms with E-state index in [9.17, 15) is 4.79 Å². The third-order valence-corrected chi connectivity index (χ3v) is 2.73. The van der Waals surface area contributed by atoms with Gasteiger partial charge in [0.2, 0.25) is 0 Å². The van der Waals surface area contributed by atoms with Crippen LogP contribution in [0.1, 0.15) is 24.5 Å². The van der Waals surface area contributed by atoms with Crippen LogP contribution < -0.4 is 0 Å². The Balaban J connectivity index is 2.08. The van der Waals surface area contributed by atoms with Crippen molar-refractivity contribution in [1.82, 2.24) is 0 Å². The van der Waals surface area contributed by atoms with Crippen LogP contribution in [0.15, 0.2) is 42.5 Å². The van der Waals surface area contributed by atoms with Gasteiger partial charge in [-0.1, -0.05) is 24.3 Å². The molecule has 1 unspecified atom stereocenters. The predicted molar refractivity (Wildman–Crippen MR) is 68.4 cm³/mol. The largest absolute Gasteiger partial charge is 0.458 e. The minimum Gasteiger partial charge on any atom is -0.458 e. The van der Waals surface area contributed by atoms with Gasteiger partial charge in [0.25, 0.3) is 0 Å². The molecule has 1 aliphatic rings. The molecule has 3 heteroatoms. The molecule has 0 fully saturated rings. The van der Waals surface area contributed by atoms with Gasteiger partial charge in [0, 0.05) is 13.3 Å². The van der Waals surface area contributed by atoms with E-state index in [1.165, 1.54) is 6.92 Å². The Morgan fingerprint density at radius 1 is 1.39 bits per heavy atom. The quantitative estimate of drug-likeness (QED) is 0.745. The van der Waals surface area contributed by atoms with Crippen LogP contribution in [0.4, 0.5) is 0 Å². The molecule has 18 heavy (non-hydrogen) atoms. The molecule has 0 bridgehead atoms. The molecule has 0 aromatic heterocycles. The van der Waals surface area contributed by atoms with Crippen LogP contribution in [0.5, 0.6) is 0 Å². The summed E-state index contributed by atoms with van der Waals surface area (Å²) in [6.45, 7) is 1.41. The number of hydrogen-bond donors (Lipinski definition) is 0. The molecule has 0 saturated heterocycles. The van der Waals surface area contributed by atoms with Crippen LogP contribution in [0.3, 0.4) is 0 Å². The van der Waals surface area contributed by atoms with E-state index < -0.39 is 0 Å². The molecule has 0 aliphatic heterocycles. The number of nitrogens with zero attached hydrogens (tertiary/aromatic N) is 1. The Kier molecular flexibility index (Phi) is 3.59. The van der Waals surface area contributed by atoms with Gasteiger partial charge >= 0.3 is 5.97 Å². The first-order valence-electron chi connectivity index (χ1n) is 5.75. The Morgan fingerprint density at radius 2 is 2.11 bits per heavy atom. The fraction of sp³-hybridized carbons (Fsp3) is 0.200. The van der Waals surface area contributed by atoms with Gasteiger partial charge in [-0.25, -0.2) is 0 Å². The minimum absolute atomic E-state index is 0.162. The highest BCUT2D eigenvalue weighted by Crippen LogP contribution is 2.22. The highest BCUT2D eigenvalue weighted by molar-refractivity contribution is 5.75. The molecule has 1 aromatic carbocycles. The third-order valence-electron chi connectivity index (χ3n) is 2.73. The van der Waals surface area contributed by atoms with Crippen molar-refractivity contribution in [3.05, 3.63) is 53.6 Å². The SMILES string of the molecule is CC(=O)OC1C=CC(c2ccc(C#N)cc2)=CC1. The van der Waals surface area contributed by atoms with Crippen molar-refractivity contribution >= 4 is 11.5 Å². The van der Waals surface area contributed by atoms with E-state index in [1.807, 2.05) is 30.4 Å². The van der Waals surface area contributed by atoms with Gasteiger partial charge in [-0.15, -0.1) is 0 Å². The van der Waals surface area contributed by atoms with Gasteiger partial charge in [-0.05, 0) is 29.3 Å². The molecule has 0 saturated carbocycles. The Morgan fingerprint density at radius 3 is 2.61 bits per heavy atom. The number of allylic oxidation sites excluding steroid dienone is 2. The lowest BCUT2D eigenvalue weighted by molar-refractivity contribution is -0.144. The molecule has 0 heterocycles.